The van der Waals surface area contributed by atoms with E-state index in [0.29, 0.717) is 6.42 Å². The highest BCUT2D eigenvalue weighted by Crippen LogP contribution is 2.18. The number of carbonyl (C=O) groups excluding carboxylic acids is 2. The predicted octanol–water partition coefficient (Wildman–Crippen LogP) is 2.30. The zero-order valence-electron chi connectivity index (χ0n) is 11.7. The van der Waals surface area contributed by atoms with Gasteiger partial charge in [-0.25, -0.2) is 8.78 Å². The molecule has 0 spiro atoms. The van der Waals surface area contributed by atoms with Crippen LogP contribution in [0.15, 0.2) is 12.1 Å². The number of hydrogen-bond donors (Lipinski definition) is 0. The van der Waals surface area contributed by atoms with Gasteiger partial charge in [-0.2, -0.15) is 0 Å². The van der Waals surface area contributed by atoms with Crippen molar-refractivity contribution in [2.45, 2.75) is 20.3 Å². The standard InChI is InChI=1S/C14H17F2NO3/c1-4-7-17(8-11(18)20-3)14(19)12-10(15)6-5-9(2)13(12)16/h5-6H,4,7-8H2,1-3H3. The SMILES string of the molecule is CCCN(CC(=O)OC)C(=O)c1c(F)ccc(C)c1F. The molecular weight excluding hydrogens is 268 g/mol. The summed E-state index contributed by atoms with van der Waals surface area (Å²) in [6.07, 6.45) is 0.553. The number of carbonyl (C=O) groups is 2. The number of aryl methyl sites for hydroxylation is 1. The number of methoxy groups -OCH3 is 1. The van der Waals surface area contributed by atoms with Crippen LogP contribution in [0.4, 0.5) is 8.78 Å². The summed E-state index contributed by atoms with van der Waals surface area (Å²) in [7, 11) is 1.19. The molecule has 20 heavy (non-hydrogen) atoms. The summed E-state index contributed by atoms with van der Waals surface area (Å²) < 4.78 is 32.1. The Morgan fingerprint density at radius 3 is 2.50 bits per heavy atom. The Morgan fingerprint density at radius 2 is 1.95 bits per heavy atom. The van der Waals surface area contributed by atoms with Gasteiger partial charge in [-0.05, 0) is 25.0 Å². The molecule has 0 heterocycles. The highest BCUT2D eigenvalue weighted by molar-refractivity contribution is 5.96. The number of amides is 1. The van der Waals surface area contributed by atoms with Crippen LogP contribution in [0.2, 0.25) is 0 Å². The van der Waals surface area contributed by atoms with Crippen LogP contribution in [0.1, 0.15) is 29.3 Å². The molecule has 0 unspecified atom stereocenters. The van der Waals surface area contributed by atoms with Gasteiger partial charge in [0.1, 0.15) is 23.7 Å². The molecule has 0 radical (unpaired) electrons. The first-order chi connectivity index (χ1) is 9.42. The molecule has 0 fully saturated rings. The molecule has 0 bridgehead atoms. The first kappa shape index (κ1) is 16.1. The summed E-state index contributed by atoms with van der Waals surface area (Å²) >= 11 is 0. The molecule has 6 heteroatoms. The Labute approximate surface area is 116 Å². The zero-order chi connectivity index (χ0) is 15.3. The summed E-state index contributed by atoms with van der Waals surface area (Å²) in [6, 6.07) is 2.29. The third-order valence-electron chi connectivity index (χ3n) is 2.83. The van der Waals surface area contributed by atoms with Crippen LogP contribution >= 0.6 is 0 Å². The normalized spacial score (nSPS) is 10.2. The lowest BCUT2D eigenvalue weighted by Gasteiger charge is -2.21. The minimum absolute atomic E-state index is 0.171. The first-order valence-corrected chi connectivity index (χ1v) is 6.23. The number of rotatable bonds is 5. The van der Waals surface area contributed by atoms with Gasteiger partial charge in [0.2, 0.25) is 0 Å². The fourth-order valence-corrected chi connectivity index (χ4v) is 1.75. The van der Waals surface area contributed by atoms with Crippen LogP contribution in [-0.4, -0.2) is 37.0 Å². The lowest BCUT2D eigenvalue weighted by atomic mass is 10.1. The Morgan fingerprint density at radius 1 is 1.30 bits per heavy atom. The maximum absolute atomic E-state index is 13.9. The van der Waals surface area contributed by atoms with Gasteiger partial charge in [0.25, 0.3) is 5.91 Å². The lowest BCUT2D eigenvalue weighted by molar-refractivity contribution is -0.141. The average molecular weight is 285 g/mol. The number of ether oxygens (including phenoxy) is 1. The highest BCUT2D eigenvalue weighted by Gasteiger charge is 2.25. The van der Waals surface area contributed by atoms with Crippen molar-refractivity contribution in [3.05, 3.63) is 34.9 Å². The van der Waals surface area contributed by atoms with Crippen LogP contribution in [0.3, 0.4) is 0 Å². The van der Waals surface area contributed by atoms with Crippen LogP contribution in [0, 0.1) is 18.6 Å². The van der Waals surface area contributed by atoms with Crippen molar-refractivity contribution < 1.29 is 23.1 Å². The summed E-state index contributed by atoms with van der Waals surface area (Å²) in [5.41, 5.74) is -0.466. The lowest BCUT2D eigenvalue weighted by Crippen LogP contribution is -2.37. The monoisotopic (exact) mass is 285 g/mol. The molecule has 1 aromatic carbocycles. The van der Waals surface area contributed by atoms with E-state index in [-0.39, 0.29) is 18.7 Å². The van der Waals surface area contributed by atoms with E-state index < -0.39 is 29.1 Å². The van der Waals surface area contributed by atoms with Crippen molar-refractivity contribution in [1.29, 1.82) is 0 Å². The molecule has 0 saturated heterocycles. The first-order valence-electron chi connectivity index (χ1n) is 6.23. The van der Waals surface area contributed by atoms with Gasteiger partial charge < -0.3 is 9.64 Å². The minimum Gasteiger partial charge on any atom is -0.468 e. The fraction of sp³-hybridized carbons (Fsp3) is 0.429. The number of nitrogens with zero attached hydrogens (tertiary/aromatic N) is 1. The molecule has 0 aliphatic heterocycles. The van der Waals surface area contributed by atoms with Crippen LogP contribution < -0.4 is 0 Å². The number of halogens is 2. The Balaban J connectivity index is 3.12. The summed E-state index contributed by atoms with van der Waals surface area (Å²) in [4.78, 5) is 24.6. The maximum Gasteiger partial charge on any atom is 0.325 e. The molecule has 1 rings (SSSR count). The van der Waals surface area contributed by atoms with E-state index in [0.717, 1.165) is 11.0 Å². The maximum atomic E-state index is 13.9. The summed E-state index contributed by atoms with van der Waals surface area (Å²) in [5, 5.41) is 0. The number of hydrogen-bond acceptors (Lipinski definition) is 3. The molecule has 1 aromatic rings. The second-order valence-electron chi connectivity index (χ2n) is 4.36. The molecule has 0 N–H and O–H groups in total. The van der Waals surface area contributed by atoms with Crippen LogP contribution in [0.25, 0.3) is 0 Å². The fourth-order valence-electron chi connectivity index (χ4n) is 1.75. The van der Waals surface area contributed by atoms with Gasteiger partial charge >= 0.3 is 5.97 Å². The van der Waals surface area contributed by atoms with Crippen molar-refractivity contribution >= 4 is 11.9 Å². The van der Waals surface area contributed by atoms with E-state index in [1.165, 1.54) is 20.1 Å². The third kappa shape index (κ3) is 3.53. The van der Waals surface area contributed by atoms with Crippen molar-refractivity contribution in [2.24, 2.45) is 0 Å². The van der Waals surface area contributed by atoms with E-state index in [1.54, 1.807) is 6.92 Å². The van der Waals surface area contributed by atoms with Gasteiger partial charge in [0.15, 0.2) is 0 Å². The van der Waals surface area contributed by atoms with Crippen LogP contribution in [-0.2, 0) is 9.53 Å². The van der Waals surface area contributed by atoms with E-state index in [4.69, 9.17) is 0 Å². The van der Waals surface area contributed by atoms with Gasteiger partial charge in [-0.1, -0.05) is 13.0 Å². The smallest absolute Gasteiger partial charge is 0.325 e. The molecule has 1 amide bonds. The molecule has 0 saturated carbocycles. The van der Waals surface area contributed by atoms with E-state index in [9.17, 15) is 18.4 Å². The van der Waals surface area contributed by atoms with Crippen molar-refractivity contribution in [2.75, 3.05) is 20.2 Å². The second-order valence-corrected chi connectivity index (χ2v) is 4.36. The molecule has 110 valence electrons. The number of benzene rings is 1. The minimum atomic E-state index is -0.941. The highest BCUT2D eigenvalue weighted by atomic mass is 19.1. The molecule has 0 aliphatic rings. The molecule has 4 nitrogen and oxygen atoms in total. The summed E-state index contributed by atoms with van der Waals surface area (Å²) in [6.45, 7) is 3.10. The zero-order valence-corrected chi connectivity index (χ0v) is 11.7. The predicted molar refractivity (Wildman–Crippen MR) is 69.3 cm³/mol. The largest absolute Gasteiger partial charge is 0.468 e. The molecule has 0 aromatic heterocycles. The van der Waals surface area contributed by atoms with Crippen molar-refractivity contribution in [3.8, 4) is 0 Å². The van der Waals surface area contributed by atoms with Crippen molar-refractivity contribution in [1.82, 2.24) is 4.90 Å². The molecule has 0 aliphatic carbocycles. The van der Waals surface area contributed by atoms with E-state index >= 15 is 0 Å². The Kier molecular flexibility index (Phi) is 5.61. The topological polar surface area (TPSA) is 46.6 Å². The van der Waals surface area contributed by atoms with Crippen molar-refractivity contribution in [3.63, 3.8) is 0 Å². The summed E-state index contributed by atoms with van der Waals surface area (Å²) in [5.74, 6) is -3.33. The Bertz CT molecular complexity index is 517. The van der Waals surface area contributed by atoms with E-state index in [1.807, 2.05) is 0 Å². The van der Waals surface area contributed by atoms with Gasteiger partial charge in [-0.15, -0.1) is 0 Å². The third-order valence-corrected chi connectivity index (χ3v) is 2.83. The Hall–Kier alpha value is -1.98. The molecule has 0 atom stereocenters. The van der Waals surface area contributed by atoms with E-state index in [2.05, 4.69) is 4.74 Å². The quantitative estimate of drug-likeness (QED) is 0.780. The molecular formula is C14H17F2NO3. The second kappa shape index (κ2) is 6.98. The number of esters is 1. The van der Waals surface area contributed by atoms with Crippen LogP contribution in [0.5, 0.6) is 0 Å². The average Bonchev–Trinajstić information content (AvgIpc) is 2.42. The van der Waals surface area contributed by atoms with Gasteiger partial charge in [-0.3, -0.25) is 9.59 Å². The van der Waals surface area contributed by atoms with Gasteiger partial charge in [0, 0.05) is 6.54 Å². The van der Waals surface area contributed by atoms with Gasteiger partial charge in [0.05, 0.1) is 7.11 Å².